The Kier molecular flexibility index (Phi) is 645. The van der Waals surface area contributed by atoms with E-state index in [-0.39, 0.29) is 66.9 Å². The molecule has 0 aliphatic carbocycles. The van der Waals surface area contributed by atoms with Crippen LogP contribution in [0.3, 0.4) is 0 Å². The second kappa shape index (κ2) is 86.5. The molecule has 68 valence electrons. The van der Waals surface area contributed by atoms with Crippen LogP contribution in [0.2, 0.25) is 0 Å². The van der Waals surface area contributed by atoms with Gasteiger partial charge in [0.2, 0.25) is 0 Å². The average Bonchev–Trinajstić information content (AvgIpc) is 0.918. The first-order chi connectivity index (χ1) is 1.41. The predicted molar refractivity (Wildman–Crippen MR) is 69.8 cm³/mol. The minimum Gasteiger partial charge on any atom is -0.331 e. The van der Waals surface area contributed by atoms with Gasteiger partial charge in [-0.2, -0.15) is 29.7 Å². The van der Waals surface area contributed by atoms with Crippen LogP contribution >= 0.6 is 66.9 Å². The van der Waals surface area contributed by atoms with E-state index in [0.717, 1.165) is 6.54 Å². The highest BCUT2D eigenvalue weighted by atomic mass is 35.5. The lowest BCUT2D eigenvalue weighted by molar-refractivity contribution is 1.14. The molecule has 0 aliphatic rings. The van der Waals surface area contributed by atoms with Gasteiger partial charge < -0.3 is 5.73 Å². The summed E-state index contributed by atoms with van der Waals surface area (Å²) in [6, 6.07) is 0. The van der Waals surface area contributed by atoms with Crippen molar-refractivity contribution >= 4 is 66.9 Å². The summed E-state index contributed by atoms with van der Waals surface area (Å²) in [6.45, 7) is 2.65. The number of nitrogens with two attached hydrogens (primary N) is 1. The lowest BCUT2D eigenvalue weighted by atomic mass is 10.8. The molecule has 3 unspecified atom stereocenters. The quantitative estimate of drug-likeness (QED) is 0.652. The smallest absolute Gasteiger partial charge is 0.0106 e. The van der Waals surface area contributed by atoms with Gasteiger partial charge in [0.05, 0.1) is 0 Å². The Morgan fingerprint density at radius 2 is 0.889 bits per heavy atom. The molecule has 0 rings (SSSR count). The van der Waals surface area contributed by atoms with Crippen molar-refractivity contribution in [3.63, 3.8) is 0 Å². The maximum Gasteiger partial charge on any atom is -0.0106 e. The topological polar surface area (TPSA) is 26.0 Å². The van der Waals surface area contributed by atoms with Crippen LogP contribution in [0.1, 0.15) is 6.92 Å². The molecule has 0 saturated carbocycles. The molecule has 9 heavy (non-hydrogen) atoms. The molecule has 0 fully saturated rings. The van der Waals surface area contributed by atoms with E-state index >= 15 is 0 Å². The van der Waals surface area contributed by atoms with Gasteiger partial charge in [-0.3, -0.25) is 0 Å². The van der Waals surface area contributed by atoms with E-state index in [1.807, 2.05) is 6.92 Å². The molecule has 0 heterocycles. The Labute approximate surface area is 86.2 Å². The first-order valence-corrected chi connectivity index (χ1v) is 1.12. The van der Waals surface area contributed by atoms with Crippen molar-refractivity contribution in [3.8, 4) is 0 Å². The third-order valence-electron chi connectivity index (χ3n) is 0. The number of halogens is 3. The summed E-state index contributed by atoms with van der Waals surface area (Å²) in [5, 5.41) is 0. The highest BCUT2D eigenvalue weighted by Crippen LogP contribution is 1.20. The molecular weight excluding hydrogens is 237 g/mol. The zero-order chi connectivity index (χ0) is 2.71. The Morgan fingerprint density at radius 1 is 0.889 bits per heavy atom. The zero-order valence-corrected chi connectivity index (χ0v) is 12.3. The van der Waals surface area contributed by atoms with Crippen LogP contribution in [0.25, 0.3) is 0 Å². The third-order valence-corrected chi connectivity index (χ3v) is 0. The number of hydrogen-bond donors (Lipinski definition) is 1. The molecular formula is C2H19Cl3NP3. The van der Waals surface area contributed by atoms with Gasteiger partial charge in [-0.15, -0.1) is 37.2 Å². The van der Waals surface area contributed by atoms with Gasteiger partial charge in [-0.1, -0.05) is 6.92 Å². The van der Waals surface area contributed by atoms with Crippen LogP contribution in [0.4, 0.5) is 0 Å². The summed E-state index contributed by atoms with van der Waals surface area (Å²) in [5.74, 6) is 0. The summed E-state index contributed by atoms with van der Waals surface area (Å²) >= 11 is 0. The van der Waals surface area contributed by atoms with Crippen LogP contribution in [-0.2, 0) is 0 Å². The van der Waals surface area contributed by atoms with E-state index in [2.05, 4.69) is 0 Å². The van der Waals surface area contributed by atoms with Crippen LogP contribution in [0, 0.1) is 0 Å². The van der Waals surface area contributed by atoms with Crippen molar-refractivity contribution in [3.05, 3.63) is 0 Å². The highest BCUT2D eigenvalue weighted by Gasteiger charge is 1.32. The van der Waals surface area contributed by atoms with Crippen molar-refractivity contribution in [2.45, 2.75) is 6.92 Å². The summed E-state index contributed by atoms with van der Waals surface area (Å²) in [4.78, 5) is 0. The molecule has 3 atom stereocenters. The molecule has 1 nitrogen and oxygen atoms in total. The van der Waals surface area contributed by atoms with Crippen molar-refractivity contribution < 1.29 is 0 Å². The first-order valence-electron chi connectivity index (χ1n) is 1.12. The summed E-state index contributed by atoms with van der Waals surface area (Å²) in [5.41, 5.74) is 4.85. The van der Waals surface area contributed by atoms with Crippen LogP contribution in [0.15, 0.2) is 0 Å². The Balaban J connectivity index is -0.00000000133. The summed E-state index contributed by atoms with van der Waals surface area (Å²) < 4.78 is 0. The fraction of sp³-hybridized carbons (Fsp3) is 1.00. The van der Waals surface area contributed by atoms with Crippen LogP contribution in [0.5, 0.6) is 0 Å². The van der Waals surface area contributed by atoms with E-state index in [4.69, 9.17) is 5.73 Å². The SMILES string of the molecule is CCN.Cl.Cl.Cl.P.P.P. The predicted octanol–water partition coefficient (Wildman–Crippen LogP) is 1.40. The molecule has 0 spiro atoms. The second-order valence-corrected chi connectivity index (χ2v) is 0.408. The van der Waals surface area contributed by atoms with Crippen molar-refractivity contribution in [2.24, 2.45) is 5.73 Å². The van der Waals surface area contributed by atoms with Crippen LogP contribution in [-0.4, -0.2) is 6.54 Å². The summed E-state index contributed by atoms with van der Waals surface area (Å²) in [7, 11) is 0. The zero-order valence-electron chi connectivity index (χ0n) is 5.63. The van der Waals surface area contributed by atoms with Gasteiger partial charge in [0.15, 0.2) is 0 Å². The normalized spacial score (nSPS) is 2.00. The average molecular weight is 256 g/mol. The van der Waals surface area contributed by atoms with Gasteiger partial charge in [-0.05, 0) is 6.54 Å². The Morgan fingerprint density at radius 3 is 0.889 bits per heavy atom. The number of rotatable bonds is 0. The van der Waals surface area contributed by atoms with E-state index in [0.29, 0.717) is 0 Å². The molecule has 0 aromatic heterocycles. The number of hydrogen-bond acceptors (Lipinski definition) is 1. The van der Waals surface area contributed by atoms with Crippen molar-refractivity contribution in [1.82, 2.24) is 0 Å². The van der Waals surface area contributed by atoms with E-state index < -0.39 is 0 Å². The standard InChI is InChI=1S/C2H7N.3ClH.3H3P/c1-2-3;;;;;;/h2-3H2,1H3;3*1H;3*1H3. The Bertz CT molecular complexity index is 17.0. The molecule has 0 bridgehead atoms. The van der Waals surface area contributed by atoms with Gasteiger partial charge in [-0.25, -0.2) is 0 Å². The molecule has 0 aromatic carbocycles. The van der Waals surface area contributed by atoms with Gasteiger partial charge in [0.25, 0.3) is 0 Å². The highest BCUT2D eigenvalue weighted by molar-refractivity contribution is 6.92. The lowest BCUT2D eigenvalue weighted by Crippen LogP contribution is -1.87. The summed E-state index contributed by atoms with van der Waals surface area (Å²) in [6.07, 6.45) is 0. The fourth-order valence-corrected chi connectivity index (χ4v) is 0. The molecule has 2 N–H and O–H groups in total. The molecule has 7 heteroatoms. The minimum absolute atomic E-state index is 0. The minimum atomic E-state index is 0. The van der Waals surface area contributed by atoms with Crippen LogP contribution < -0.4 is 5.73 Å². The molecule has 0 saturated heterocycles. The monoisotopic (exact) mass is 255 g/mol. The Hall–Kier alpha value is 2.12. The maximum absolute atomic E-state index is 4.85. The third kappa shape index (κ3) is 148. The first kappa shape index (κ1) is 67.1. The molecule has 0 aliphatic heterocycles. The molecule has 0 aromatic rings. The van der Waals surface area contributed by atoms with Gasteiger partial charge >= 0.3 is 0 Å². The van der Waals surface area contributed by atoms with E-state index in [9.17, 15) is 0 Å². The van der Waals surface area contributed by atoms with E-state index in [1.54, 1.807) is 0 Å². The molecule has 0 amide bonds. The van der Waals surface area contributed by atoms with Crippen molar-refractivity contribution in [2.75, 3.05) is 6.54 Å². The van der Waals surface area contributed by atoms with Crippen molar-refractivity contribution in [1.29, 1.82) is 0 Å². The fourth-order valence-electron chi connectivity index (χ4n) is 0. The van der Waals surface area contributed by atoms with Gasteiger partial charge in [0.1, 0.15) is 0 Å². The lowest BCUT2D eigenvalue weighted by Gasteiger charge is -1.53. The van der Waals surface area contributed by atoms with Gasteiger partial charge in [0, 0.05) is 0 Å². The molecule has 0 radical (unpaired) electrons. The largest absolute Gasteiger partial charge is 0.331 e. The van der Waals surface area contributed by atoms with E-state index in [1.165, 1.54) is 0 Å². The second-order valence-electron chi connectivity index (χ2n) is 0.408. The maximum atomic E-state index is 4.85.